The molecule has 1 saturated heterocycles. The van der Waals surface area contributed by atoms with Gasteiger partial charge in [0.05, 0.1) is 59.2 Å². The number of nitrogens with two attached hydrogens (primary N) is 2. The lowest BCUT2D eigenvalue weighted by Crippen LogP contribution is -2.46. The topological polar surface area (TPSA) is 357 Å². The number of hydrogen-bond acceptors (Lipinski definition) is 21. The van der Waals surface area contributed by atoms with Gasteiger partial charge in [-0.1, -0.05) is 45.9 Å². The smallest absolute Gasteiger partial charge is 0.312 e. The number of methoxy groups -OCH3 is 1. The number of fused-ring (bicyclic) bond motifs is 14. The number of amides is 3. The minimum atomic E-state index is -2.04. The van der Waals surface area contributed by atoms with E-state index in [1.54, 1.807) is 57.0 Å². The van der Waals surface area contributed by atoms with Gasteiger partial charge in [0.2, 0.25) is 0 Å². The van der Waals surface area contributed by atoms with Gasteiger partial charge in [-0.05, 0) is 39.1 Å². The molecular weight excluding hydrogens is 1010 g/mol. The second kappa shape index (κ2) is 26.8. The number of likely N-dealkylation sites (N-methyl/N-ethyl adjacent to an activating group) is 1. The van der Waals surface area contributed by atoms with E-state index in [2.05, 4.69) is 30.3 Å². The Kier molecular flexibility index (Phi) is 20.9. The first-order valence-corrected chi connectivity index (χ1v) is 24.9. The molecule has 9 atom stereocenters. The van der Waals surface area contributed by atoms with Gasteiger partial charge in [-0.3, -0.25) is 44.4 Å². The maximum Gasteiger partial charge on any atom is 0.312 e. The largest absolute Gasteiger partial charge is 0.507 e. The number of nitrogens with zero attached hydrogens (tertiary/aromatic N) is 6. The van der Waals surface area contributed by atoms with Gasteiger partial charge in [0, 0.05) is 118 Å². The lowest BCUT2D eigenvalue weighted by molar-refractivity contribution is -0.160. The molecule has 420 valence electrons. The van der Waals surface area contributed by atoms with Crippen molar-refractivity contribution in [2.75, 3.05) is 45.7 Å². The first-order valence-electron chi connectivity index (χ1n) is 24.9. The number of aliphatic hydroxyl groups excluding tert-OH is 2. The molecule has 1 fully saturated rings. The maximum atomic E-state index is 14.4. The van der Waals surface area contributed by atoms with Crippen LogP contribution >= 0.6 is 0 Å². The molecule has 5 bridgehead atoms. The third kappa shape index (κ3) is 14.1. The third-order valence-corrected chi connectivity index (χ3v) is 13.8. The van der Waals surface area contributed by atoms with E-state index in [4.69, 9.17) is 30.5 Å². The molecule has 4 aliphatic rings. The molecule has 0 saturated carbocycles. The van der Waals surface area contributed by atoms with Crippen molar-refractivity contribution in [2.24, 2.45) is 40.3 Å². The van der Waals surface area contributed by atoms with E-state index in [9.17, 15) is 49.5 Å². The number of ketones is 1. The molecule has 2 aromatic carbocycles. The van der Waals surface area contributed by atoms with Crippen molar-refractivity contribution in [2.45, 2.75) is 85.6 Å². The highest BCUT2D eigenvalue weighted by atomic mass is 16.7. The Balaban J connectivity index is 0.000000491. The first-order chi connectivity index (χ1) is 36.9. The summed E-state index contributed by atoms with van der Waals surface area (Å²) >= 11 is 0. The number of phenols is 3. The van der Waals surface area contributed by atoms with E-state index in [0.717, 1.165) is 13.1 Å². The van der Waals surface area contributed by atoms with E-state index >= 15 is 0 Å². The summed E-state index contributed by atoms with van der Waals surface area (Å²) in [5.41, 5.74) is 7.24. The number of carbonyl (C=O) groups is 5. The van der Waals surface area contributed by atoms with Crippen molar-refractivity contribution in [1.82, 2.24) is 30.3 Å². The van der Waals surface area contributed by atoms with Gasteiger partial charge in [-0.25, -0.2) is 10.8 Å². The number of allylic oxidation sites excluding steroid dienone is 2. The number of ether oxygens (including phenoxy) is 4. The second-order valence-corrected chi connectivity index (χ2v) is 19.3. The molecule has 8 rings (SSSR count). The molecule has 24 heteroatoms. The fraction of sp³-hybridized carbons (Fsp3) is 0.426. The Morgan fingerprint density at radius 1 is 0.910 bits per heavy atom. The number of aromatic nitrogens is 3. The van der Waals surface area contributed by atoms with Gasteiger partial charge in [-0.2, -0.15) is 5.10 Å². The van der Waals surface area contributed by atoms with Crippen molar-refractivity contribution >= 4 is 52.1 Å². The van der Waals surface area contributed by atoms with Gasteiger partial charge < -0.3 is 60.4 Å². The van der Waals surface area contributed by atoms with Crippen LogP contribution in [0.15, 0.2) is 84.4 Å². The maximum absolute atomic E-state index is 14.4. The summed E-state index contributed by atoms with van der Waals surface area (Å²) in [4.78, 5) is 74.7. The van der Waals surface area contributed by atoms with Gasteiger partial charge in [0.25, 0.3) is 23.5 Å². The summed E-state index contributed by atoms with van der Waals surface area (Å²) in [5, 5.41) is 66.8. The number of phenolic OH excluding ortho intramolecular Hbond substituents is 3. The number of rotatable bonds is 6. The van der Waals surface area contributed by atoms with Gasteiger partial charge in [0.15, 0.2) is 5.75 Å². The number of benzene rings is 2. The van der Waals surface area contributed by atoms with E-state index in [1.165, 1.54) is 90.4 Å². The average molecular weight is 1080 g/mol. The highest BCUT2D eigenvalue weighted by Gasteiger charge is 2.50. The molecule has 2 aromatic heterocycles. The third-order valence-electron chi connectivity index (χ3n) is 13.8. The van der Waals surface area contributed by atoms with E-state index in [0.29, 0.717) is 18.7 Å². The van der Waals surface area contributed by atoms with Crippen LogP contribution in [0.1, 0.15) is 90.8 Å². The number of nitrogen functional groups attached to an aromatic ring is 1. The number of aromatic hydroxyl groups is 3. The molecule has 0 unspecified atom stereocenters. The molecule has 4 aliphatic heterocycles. The van der Waals surface area contributed by atoms with Crippen molar-refractivity contribution in [3.63, 3.8) is 0 Å². The molecule has 0 aliphatic carbocycles. The van der Waals surface area contributed by atoms with Crippen LogP contribution in [-0.4, -0.2) is 157 Å². The quantitative estimate of drug-likeness (QED) is 0.0253. The van der Waals surface area contributed by atoms with Crippen LogP contribution in [-0.2, 0) is 23.8 Å². The van der Waals surface area contributed by atoms with Crippen LogP contribution in [0.2, 0.25) is 0 Å². The van der Waals surface area contributed by atoms with E-state index in [-0.39, 0.29) is 56.1 Å². The number of carbonyl (C=O) groups excluding carboxylic acids is 5. The van der Waals surface area contributed by atoms with Crippen LogP contribution in [0, 0.1) is 30.6 Å². The minimum Gasteiger partial charge on any atom is -0.507 e. The van der Waals surface area contributed by atoms with Crippen molar-refractivity contribution in [3.05, 3.63) is 107 Å². The van der Waals surface area contributed by atoms with Crippen molar-refractivity contribution < 1.29 is 68.5 Å². The zero-order chi connectivity index (χ0) is 57.8. The first kappa shape index (κ1) is 60.8. The van der Waals surface area contributed by atoms with Crippen LogP contribution in [0.25, 0.3) is 10.8 Å². The zero-order valence-electron chi connectivity index (χ0n) is 45.2. The molecule has 3 amide bonds. The molecule has 24 nitrogen and oxygen atoms in total. The molecule has 0 spiro atoms. The summed E-state index contributed by atoms with van der Waals surface area (Å²) in [6, 6.07) is 3.17. The SMILES string of the molecule is CO[C@H]1/C=C\O[C@@]2(C)Oc3c(C)c(O)c4c(O)c(c(C=NN5CCN(C)CC5)c(O)c4c3C2=O)NC(=O)/C(C)=C\C=C/[C@H](C)[C@@H](O)[C@H](C)[C@@H](O)[C@H](C)[C@@H](OC(C)=O)[C@H]1C.NC(=O)c1cnccn1.NNC(=O)c1ccncc1. The van der Waals surface area contributed by atoms with Crippen molar-refractivity contribution in [1.29, 1.82) is 0 Å². The fourth-order valence-electron chi connectivity index (χ4n) is 8.94. The number of Topliss-reactive ketones (excluding diaryl/α,β-unsaturated/α-hetero) is 1. The lowest BCUT2D eigenvalue weighted by Gasteiger charge is -2.38. The van der Waals surface area contributed by atoms with Crippen LogP contribution in [0.4, 0.5) is 5.69 Å². The highest BCUT2D eigenvalue weighted by Crippen LogP contribution is 2.55. The molecule has 6 heterocycles. The number of esters is 1. The number of hydrazine groups is 1. The van der Waals surface area contributed by atoms with Crippen LogP contribution < -0.4 is 27.1 Å². The number of anilines is 1. The van der Waals surface area contributed by atoms with Gasteiger partial charge in [-0.15, -0.1) is 0 Å². The number of nitrogens with one attached hydrogen (secondary N) is 2. The fourth-order valence-corrected chi connectivity index (χ4v) is 8.94. The zero-order valence-corrected chi connectivity index (χ0v) is 45.2. The highest BCUT2D eigenvalue weighted by molar-refractivity contribution is 6.24. The average Bonchev–Trinajstić information content (AvgIpc) is 3.83. The summed E-state index contributed by atoms with van der Waals surface area (Å²) in [6.07, 6.45) is 12.1. The predicted molar refractivity (Wildman–Crippen MR) is 287 cm³/mol. The Hall–Kier alpha value is -8.03. The number of hydrazone groups is 1. The second-order valence-electron chi connectivity index (χ2n) is 19.3. The minimum absolute atomic E-state index is 0.0559. The number of piperazine rings is 1. The normalized spacial score (nSPS) is 26.4. The van der Waals surface area contributed by atoms with Gasteiger partial charge >= 0.3 is 11.8 Å². The predicted octanol–water partition coefficient (Wildman–Crippen LogP) is 3.60. The molecule has 78 heavy (non-hydrogen) atoms. The summed E-state index contributed by atoms with van der Waals surface area (Å²) in [7, 11) is 3.42. The summed E-state index contributed by atoms with van der Waals surface area (Å²) in [6.45, 7) is 15.1. The number of aliphatic hydroxyl groups is 2. The number of hydrogen-bond donors (Lipinski definition) is 9. The van der Waals surface area contributed by atoms with Crippen LogP contribution in [0.5, 0.6) is 23.0 Å². The van der Waals surface area contributed by atoms with Gasteiger partial charge in [0.1, 0.15) is 29.0 Å². The Morgan fingerprint density at radius 3 is 2.15 bits per heavy atom. The lowest BCUT2D eigenvalue weighted by atomic mass is 9.78. The Labute approximate surface area is 451 Å². The standard InChI is InChI=1S/C43H58N4O12.C6H7N3O.C5H5N3O/c1-21-12-11-13-22(2)42(55)45-33-28(20-44-47-17-15-46(9)16-18-47)37(52)30-31(38(33)53)36(51)26(6)40-32(30)41(54)43(8,59-40)57-19-14-29(56-10)23(3)39(58-27(7)48)25(5)35(50)24(4)34(21)49;7-9-6(10)5-1-3-8-4-2-5;6-5(9)4-3-7-1-2-8-4/h11-14,19-21,23-25,29,34-35,39,49-53H,15-18H2,1-10H3,(H,45,55);1-4H,7H2,(H,9,10);1-3H,(H2,6,9)/b12-11-,19-14-,22-13-,44-20?;;/t21-,23-,24-,25-,29-,34+,35+,39-,43-;;/m0../s1. The number of pyridine rings is 1. The molecule has 4 aromatic rings. The van der Waals surface area contributed by atoms with Crippen LogP contribution in [0.3, 0.4) is 0 Å². The summed E-state index contributed by atoms with van der Waals surface area (Å²) < 4.78 is 23.6. The molecular formula is C54H70N10O14. The Morgan fingerprint density at radius 2 is 1.58 bits per heavy atom. The van der Waals surface area contributed by atoms with E-state index < -0.39 is 94.7 Å². The van der Waals surface area contributed by atoms with Crippen molar-refractivity contribution in [3.8, 4) is 23.0 Å². The van der Waals surface area contributed by atoms with E-state index in [1.807, 2.05) is 12.5 Å². The number of primary amides is 1. The molecule has 0 radical (unpaired) electrons. The molecule has 11 N–H and O–H groups in total. The summed E-state index contributed by atoms with van der Waals surface area (Å²) in [5.74, 6) is -4.31. The monoisotopic (exact) mass is 1080 g/mol. The Bertz CT molecular complexity index is 2930.